The van der Waals surface area contributed by atoms with Gasteiger partial charge in [-0.1, -0.05) is 42.0 Å². The van der Waals surface area contributed by atoms with Gasteiger partial charge in [0.2, 0.25) is 0 Å². The van der Waals surface area contributed by atoms with Gasteiger partial charge in [0.25, 0.3) is 0 Å². The lowest BCUT2D eigenvalue weighted by atomic mass is 9.95. The summed E-state index contributed by atoms with van der Waals surface area (Å²) in [5, 5.41) is 0. The SMILES string of the molecule is Br.CC1=CCCN(C)C1c1ccccc1. The van der Waals surface area contributed by atoms with Gasteiger partial charge in [-0.3, -0.25) is 4.90 Å². The molecule has 0 aliphatic carbocycles. The molecular formula is C13H18BrN. The van der Waals surface area contributed by atoms with Crippen molar-refractivity contribution in [1.82, 2.24) is 4.90 Å². The average molecular weight is 268 g/mol. The normalized spacial score (nSPS) is 21.7. The smallest absolute Gasteiger partial charge is 0.0556 e. The first-order chi connectivity index (χ1) is 6.79. The Hall–Kier alpha value is -0.600. The molecule has 82 valence electrons. The van der Waals surface area contributed by atoms with Crippen LogP contribution in [0.15, 0.2) is 42.0 Å². The molecule has 1 unspecified atom stereocenters. The van der Waals surface area contributed by atoms with Crippen molar-refractivity contribution in [2.75, 3.05) is 13.6 Å². The minimum absolute atomic E-state index is 0. The predicted molar refractivity (Wildman–Crippen MR) is 70.5 cm³/mol. The lowest BCUT2D eigenvalue weighted by Gasteiger charge is -2.32. The van der Waals surface area contributed by atoms with Crippen molar-refractivity contribution in [3.8, 4) is 0 Å². The maximum Gasteiger partial charge on any atom is 0.0556 e. The van der Waals surface area contributed by atoms with Crippen LogP contribution in [0.1, 0.15) is 24.9 Å². The molecule has 0 fully saturated rings. The van der Waals surface area contributed by atoms with E-state index in [0.717, 1.165) is 6.54 Å². The fourth-order valence-electron chi connectivity index (χ4n) is 2.24. The molecule has 1 aromatic carbocycles. The zero-order valence-electron chi connectivity index (χ0n) is 9.31. The number of likely N-dealkylation sites (N-methyl/N-ethyl adjacent to an activating group) is 1. The Bertz CT molecular complexity index is 332. The summed E-state index contributed by atoms with van der Waals surface area (Å²) in [6.45, 7) is 3.39. The molecule has 1 nitrogen and oxygen atoms in total. The Kier molecular flexibility index (Phi) is 4.55. The van der Waals surface area contributed by atoms with Crippen molar-refractivity contribution >= 4 is 17.0 Å². The molecule has 0 spiro atoms. The standard InChI is InChI=1S/C13H17N.BrH/c1-11-7-6-10-14(2)13(11)12-8-4-3-5-9-12;/h3-5,7-9,13H,6,10H2,1-2H3;1H. The van der Waals surface area contributed by atoms with E-state index in [1.165, 1.54) is 17.6 Å². The maximum atomic E-state index is 2.42. The molecule has 0 radical (unpaired) electrons. The highest BCUT2D eigenvalue weighted by Crippen LogP contribution is 2.30. The van der Waals surface area contributed by atoms with Crippen molar-refractivity contribution < 1.29 is 0 Å². The monoisotopic (exact) mass is 267 g/mol. The molecule has 0 amide bonds. The molecule has 2 rings (SSSR count). The summed E-state index contributed by atoms with van der Waals surface area (Å²) in [6.07, 6.45) is 3.54. The molecule has 0 N–H and O–H groups in total. The zero-order valence-corrected chi connectivity index (χ0v) is 11.0. The third kappa shape index (κ3) is 2.70. The summed E-state index contributed by atoms with van der Waals surface area (Å²) >= 11 is 0. The van der Waals surface area contributed by atoms with Gasteiger partial charge in [-0.2, -0.15) is 0 Å². The second kappa shape index (κ2) is 5.47. The van der Waals surface area contributed by atoms with E-state index in [0.29, 0.717) is 6.04 Å². The summed E-state index contributed by atoms with van der Waals surface area (Å²) in [7, 11) is 2.20. The second-order valence-electron chi connectivity index (χ2n) is 4.03. The van der Waals surface area contributed by atoms with E-state index in [-0.39, 0.29) is 17.0 Å². The second-order valence-corrected chi connectivity index (χ2v) is 4.03. The van der Waals surface area contributed by atoms with Gasteiger partial charge in [0.05, 0.1) is 6.04 Å². The molecule has 1 aliphatic heterocycles. The van der Waals surface area contributed by atoms with Gasteiger partial charge in [0.15, 0.2) is 0 Å². The van der Waals surface area contributed by atoms with Crippen LogP contribution in [0.25, 0.3) is 0 Å². The van der Waals surface area contributed by atoms with Gasteiger partial charge < -0.3 is 0 Å². The lowest BCUT2D eigenvalue weighted by molar-refractivity contribution is 0.266. The van der Waals surface area contributed by atoms with Crippen molar-refractivity contribution in [3.05, 3.63) is 47.5 Å². The van der Waals surface area contributed by atoms with Crippen LogP contribution in [0.4, 0.5) is 0 Å². The van der Waals surface area contributed by atoms with Crippen LogP contribution >= 0.6 is 17.0 Å². The highest BCUT2D eigenvalue weighted by molar-refractivity contribution is 8.93. The number of hydrogen-bond donors (Lipinski definition) is 0. The maximum absolute atomic E-state index is 2.42. The Balaban J connectivity index is 0.00000112. The molecule has 1 heterocycles. The zero-order chi connectivity index (χ0) is 9.97. The molecule has 15 heavy (non-hydrogen) atoms. The number of halogens is 1. The van der Waals surface area contributed by atoms with Gasteiger partial charge >= 0.3 is 0 Å². The van der Waals surface area contributed by atoms with E-state index < -0.39 is 0 Å². The first-order valence-corrected chi connectivity index (χ1v) is 5.21. The van der Waals surface area contributed by atoms with Crippen LogP contribution in [-0.2, 0) is 0 Å². The van der Waals surface area contributed by atoms with Gasteiger partial charge in [-0.05, 0) is 26.0 Å². The summed E-state index contributed by atoms with van der Waals surface area (Å²) in [5.41, 5.74) is 2.88. The van der Waals surface area contributed by atoms with E-state index in [1.807, 2.05) is 0 Å². The quantitative estimate of drug-likeness (QED) is 0.703. The number of rotatable bonds is 1. The van der Waals surface area contributed by atoms with Crippen LogP contribution in [-0.4, -0.2) is 18.5 Å². The van der Waals surface area contributed by atoms with E-state index in [2.05, 4.69) is 55.3 Å². The number of benzene rings is 1. The first kappa shape index (κ1) is 12.5. The minimum Gasteiger partial charge on any atom is -0.295 e. The van der Waals surface area contributed by atoms with Crippen molar-refractivity contribution in [2.45, 2.75) is 19.4 Å². The van der Waals surface area contributed by atoms with Gasteiger partial charge in [-0.15, -0.1) is 17.0 Å². The summed E-state index contributed by atoms with van der Waals surface area (Å²) in [6, 6.07) is 11.2. The summed E-state index contributed by atoms with van der Waals surface area (Å²) < 4.78 is 0. The van der Waals surface area contributed by atoms with Gasteiger partial charge in [-0.25, -0.2) is 0 Å². The molecule has 1 aromatic rings. The van der Waals surface area contributed by atoms with E-state index in [4.69, 9.17) is 0 Å². The van der Waals surface area contributed by atoms with E-state index >= 15 is 0 Å². The Labute approximate surface area is 103 Å². The van der Waals surface area contributed by atoms with Crippen LogP contribution < -0.4 is 0 Å². The van der Waals surface area contributed by atoms with Gasteiger partial charge in [0, 0.05) is 6.54 Å². The van der Waals surface area contributed by atoms with E-state index in [1.54, 1.807) is 0 Å². The van der Waals surface area contributed by atoms with Crippen molar-refractivity contribution in [3.63, 3.8) is 0 Å². The molecule has 0 saturated heterocycles. The highest BCUT2D eigenvalue weighted by Gasteiger charge is 2.20. The average Bonchev–Trinajstić information content (AvgIpc) is 2.19. The molecule has 1 atom stereocenters. The predicted octanol–water partition coefficient (Wildman–Crippen LogP) is 3.59. The number of hydrogen-bond acceptors (Lipinski definition) is 1. The highest BCUT2D eigenvalue weighted by atomic mass is 79.9. The summed E-state index contributed by atoms with van der Waals surface area (Å²) in [4.78, 5) is 2.42. The minimum atomic E-state index is 0. The van der Waals surface area contributed by atoms with Crippen molar-refractivity contribution in [2.24, 2.45) is 0 Å². The first-order valence-electron chi connectivity index (χ1n) is 5.21. The summed E-state index contributed by atoms with van der Waals surface area (Å²) in [5.74, 6) is 0. The number of nitrogens with zero attached hydrogens (tertiary/aromatic N) is 1. The van der Waals surface area contributed by atoms with Crippen molar-refractivity contribution in [1.29, 1.82) is 0 Å². The van der Waals surface area contributed by atoms with Crippen LogP contribution in [0.3, 0.4) is 0 Å². The Morgan fingerprint density at radius 2 is 1.87 bits per heavy atom. The third-order valence-corrected chi connectivity index (χ3v) is 2.94. The molecule has 2 heteroatoms. The van der Waals surface area contributed by atoms with Gasteiger partial charge in [0.1, 0.15) is 0 Å². The molecule has 1 aliphatic rings. The topological polar surface area (TPSA) is 3.24 Å². The van der Waals surface area contributed by atoms with Crippen LogP contribution in [0.5, 0.6) is 0 Å². The molecule has 0 saturated carbocycles. The van der Waals surface area contributed by atoms with E-state index in [9.17, 15) is 0 Å². The Morgan fingerprint density at radius 3 is 2.47 bits per heavy atom. The Morgan fingerprint density at radius 1 is 1.20 bits per heavy atom. The van der Waals surface area contributed by atoms with Crippen LogP contribution in [0.2, 0.25) is 0 Å². The van der Waals surface area contributed by atoms with Crippen LogP contribution in [0, 0.1) is 0 Å². The fourth-order valence-corrected chi connectivity index (χ4v) is 2.24. The lowest BCUT2D eigenvalue weighted by Crippen LogP contribution is -2.29. The molecular weight excluding hydrogens is 250 g/mol. The molecule has 0 aromatic heterocycles. The molecule has 0 bridgehead atoms. The third-order valence-electron chi connectivity index (χ3n) is 2.94. The fraction of sp³-hybridized carbons (Fsp3) is 0.385. The largest absolute Gasteiger partial charge is 0.295 e.